The number of ether oxygens (including phenoxy) is 2. The van der Waals surface area contributed by atoms with E-state index in [0.717, 1.165) is 5.56 Å². The van der Waals surface area contributed by atoms with Gasteiger partial charge >= 0.3 is 6.03 Å². The van der Waals surface area contributed by atoms with Crippen molar-refractivity contribution < 1.29 is 23.0 Å². The minimum absolute atomic E-state index is 0.326. The molecule has 118 valence electrons. The zero-order valence-electron chi connectivity index (χ0n) is 12.1. The standard InChI is InChI=1S/C14H20F2N2O3/c1-10-4-5-11(8-12(10)21-9-13(15)16)18-14(19)17-6-3-7-20-2/h4-5,8,13H,3,6-7,9H2,1-2H3,(H2,17,18,19). The number of urea groups is 1. The second-order valence-corrected chi connectivity index (χ2v) is 4.41. The third-order valence-corrected chi connectivity index (χ3v) is 2.62. The first-order valence-electron chi connectivity index (χ1n) is 6.58. The van der Waals surface area contributed by atoms with Crippen LogP contribution in [0.2, 0.25) is 0 Å². The molecular weight excluding hydrogens is 282 g/mol. The molecule has 5 nitrogen and oxygen atoms in total. The van der Waals surface area contributed by atoms with Gasteiger partial charge in [0.1, 0.15) is 12.4 Å². The summed E-state index contributed by atoms with van der Waals surface area (Å²) in [5.74, 6) is 0.326. The largest absolute Gasteiger partial charge is 0.487 e. The number of halogens is 2. The summed E-state index contributed by atoms with van der Waals surface area (Å²) in [7, 11) is 1.59. The van der Waals surface area contributed by atoms with Crippen molar-refractivity contribution in [2.75, 3.05) is 32.2 Å². The van der Waals surface area contributed by atoms with E-state index in [0.29, 0.717) is 31.0 Å². The van der Waals surface area contributed by atoms with Crippen LogP contribution in [0.25, 0.3) is 0 Å². The van der Waals surface area contributed by atoms with Gasteiger partial charge in [-0.2, -0.15) is 0 Å². The molecule has 0 aromatic heterocycles. The Kier molecular flexibility index (Phi) is 7.45. The van der Waals surface area contributed by atoms with E-state index in [1.165, 1.54) is 6.07 Å². The molecule has 0 saturated carbocycles. The molecule has 0 heterocycles. The summed E-state index contributed by atoms with van der Waals surface area (Å²) in [6.45, 7) is 2.12. The second kappa shape index (κ2) is 9.12. The summed E-state index contributed by atoms with van der Waals surface area (Å²) >= 11 is 0. The minimum atomic E-state index is -2.54. The van der Waals surface area contributed by atoms with Crippen LogP contribution in [-0.4, -0.2) is 39.3 Å². The topological polar surface area (TPSA) is 59.6 Å². The van der Waals surface area contributed by atoms with Crippen LogP contribution < -0.4 is 15.4 Å². The summed E-state index contributed by atoms with van der Waals surface area (Å²) < 4.78 is 34.2. The highest BCUT2D eigenvalue weighted by Gasteiger charge is 2.08. The Morgan fingerprint density at radius 3 is 2.81 bits per heavy atom. The van der Waals surface area contributed by atoms with Crippen LogP contribution in [0.1, 0.15) is 12.0 Å². The van der Waals surface area contributed by atoms with Gasteiger partial charge < -0.3 is 20.1 Å². The van der Waals surface area contributed by atoms with E-state index in [4.69, 9.17) is 9.47 Å². The zero-order chi connectivity index (χ0) is 15.7. The summed E-state index contributed by atoms with van der Waals surface area (Å²) in [6, 6.07) is 4.53. The molecule has 0 spiro atoms. The fourth-order valence-electron chi connectivity index (χ4n) is 1.58. The van der Waals surface area contributed by atoms with Crippen LogP contribution in [0.3, 0.4) is 0 Å². The maximum Gasteiger partial charge on any atom is 0.319 e. The quantitative estimate of drug-likeness (QED) is 0.726. The van der Waals surface area contributed by atoms with Gasteiger partial charge in [-0.3, -0.25) is 0 Å². The van der Waals surface area contributed by atoms with Gasteiger partial charge in [0, 0.05) is 32.0 Å². The lowest BCUT2D eigenvalue weighted by Crippen LogP contribution is -2.30. The second-order valence-electron chi connectivity index (χ2n) is 4.41. The first-order chi connectivity index (χ1) is 10.0. The Hall–Kier alpha value is -1.89. The number of rotatable bonds is 8. The number of methoxy groups -OCH3 is 1. The minimum Gasteiger partial charge on any atom is -0.487 e. The van der Waals surface area contributed by atoms with Crippen molar-refractivity contribution in [3.63, 3.8) is 0 Å². The van der Waals surface area contributed by atoms with Gasteiger partial charge in [0.2, 0.25) is 0 Å². The number of hydrogen-bond acceptors (Lipinski definition) is 3. The van der Waals surface area contributed by atoms with E-state index in [2.05, 4.69) is 10.6 Å². The number of carbonyl (C=O) groups is 1. The fraction of sp³-hybridized carbons (Fsp3) is 0.500. The number of alkyl halides is 2. The number of hydrogen-bond donors (Lipinski definition) is 2. The van der Waals surface area contributed by atoms with Crippen molar-refractivity contribution >= 4 is 11.7 Å². The molecule has 2 amide bonds. The van der Waals surface area contributed by atoms with Gasteiger partial charge in [0.05, 0.1) is 0 Å². The van der Waals surface area contributed by atoms with Gasteiger partial charge in [0.15, 0.2) is 0 Å². The van der Waals surface area contributed by atoms with Crippen molar-refractivity contribution in [1.29, 1.82) is 0 Å². The molecule has 0 fully saturated rings. The summed E-state index contributed by atoms with van der Waals surface area (Å²) in [5, 5.41) is 5.28. The average Bonchev–Trinajstić information content (AvgIpc) is 2.44. The highest BCUT2D eigenvalue weighted by atomic mass is 19.3. The van der Waals surface area contributed by atoms with Crippen molar-refractivity contribution in [2.24, 2.45) is 0 Å². The first-order valence-corrected chi connectivity index (χ1v) is 6.58. The molecule has 7 heteroatoms. The lowest BCUT2D eigenvalue weighted by Gasteiger charge is -2.12. The molecule has 0 radical (unpaired) electrons. The predicted molar refractivity (Wildman–Crippen MR) is 76.2 cm³/mol. The van der Waals surface area contributed by atoms with Gasteiger partial charge in [-0.1, -0.05) is 6.07 Å². The first kappa shape index (κ1) is 17.2. The third-order valence-electron chi connectivity index (χ3n) is 2.62. The Bertz CT molecular complexity index is 456. The van der Waals surface area contributed by atoms with Gasteiger partial charge in [0.25, 0.3) is 6.43 Å². The molecule has 1 rings (SSSR count). The van der Waals surface area contributed by atoms with Crippen molar-refractivity contribution in [2.45, 2.75) is 19.8 Å². The molecule has 0 aliphatic rings. The molecular formula is C14H20F2N2O3. The van der Waals surface area contributed by atoms with E-state index in [1.807, 2.05) is 0 Å². The van der Waals surface area contributed by atoms with Crippen LogP contribution in [0.4, 0.5) is 19.3 Å². The summed E-state index contributed by atoms with van der Waals surface area (Å²) in [5.41, 5.74) is 1.20. The zero-order valence-corrected chi connectivity index (χ0v) is 12.1. The predicted octanol–water partition coefficient (Wildman–Crippen LogP) is 2.80. The molecule has 2 N–H and O–H groups in total. The lowest BCUT2D eigenvalue weighted by molar-refractivity contribution is 0.0816. The van der Waals surface area contributed by atoms with E-state index in [-0.39, 0.29) is 6.03 Å². The fourth-order valence-corrected chi connectivity index (χ4v) is 1.58. The monoisotopic (exact) mass is 302 g/mol. The summed E-state index contributed by atoms with van der Waals surface area (Å²) in [4.78, 5) is 11.6. The van der Waals surface area contributed by atoms with Crippen LogP contribution >= 0.6 is 0 Å². The van der Waals surface area contributed by atoms with Crippen molar-refractivity contribution in [3.05, 3.63) is 23.8 Å². The smallest absolute Gasteiger partial charge is 0.319 e. The molecule has 1 aromatic carbocycles. The van der Waals surface area contributed by atoms with E-state index in [1.54, 1.807) is 26.2 Å². The number of aryl methyl sites for hydroxylation is 1. The number of carbonyl (C=O) groups excluding carboxylic acids is 1. The highest BCUT2D eigenvalue weighted by molar-refractivity contribution is 5.89. The Labute approximate surface area is 122 Å². The highest BCUT2D eigenvalue weighted by Crippen LogP contribution is 2.23. The third kappa shape index (κ3) is 6.89. The molecule has 21 heavy (non-hydrogen) atoms. The van der Waals surface area contributed by atoms with Gasteiger partial charge in [-0.25, -0.2) is 13.6 Å². The number of anilines is 1. The lowest BCUT2D eigenvalue weighted by atomic mass is 10.2. The summed E-state index contributed by atoms with van der Waals surface area (Å²) in [6.07, 6.45) is -1.83. The van der Waals surface area contributed by atoms with Crippen LogP contribution in [0.15, 0.2) is 18.2 Å². The molecule has 1 aromatic rings. The maximum atomic E-state index is 12.2. The van der Waals surface area contributed by atoms with Gasteiger partial charge in [-0.05, 0) is 25.0 Å². The Morgan fingerprint density at radius 2 is 2.14 bits per heavy atom. The van der Waals surface area contributed by atoms with E-state index >= 15 is 0 Å². The maximum absolute atomic E-state index is 12.2. The molecule has 0 atom stereocenters. The number of nitrogens with one attached hydrogen (secondary N) is 2. The molecule has 0 unspecified atom stereocenters. The Balaban J connectivity index is 2.51. The molecule has 0 bridgehead atoms. The van der Waals surface area contributed by atoms with Gasteiger partial charge in [-0.15, -0.1) is 0 Å². The molecule has 0 aliphatic carbocycles. The normalized spacial score (nSPS) is 10.5. The average molecular weight is 302 g/mol. The van der Waals surface area contributed by atoms with Crippen LogP contribution in [0, 0.1) is 6.92 Å². The van der Waals surface area contributed by atoms with E-state index < -0.39 is 13.0 Å². The SMILES string of the molecule is COCCCNC(=O)Nc1ccc(C)c(OCC(F)F)c1. The van der Waals surface area contributed by atoms with Crippen LogP contribution in [-0.2, 0) is 4.74 Å². The Morgan fingerprint density at radius 1 is 1.38 bits per heavy atom. The number of benzene rings is 1. The van der Waals surface area contributed by atoms with E-state index in [9.17, 15) is 13.6 Å². The van der Waals surface area contributed by atoms with Crippen molar-refractivity contribution in [3.8, 4) is 5.75 Å². The van der Waals surface area contributed by atoms with Crippen LogP contribution in [0.5, 0.6) is 5.75 Å². The van der Waals surface area contributed by atoms with Crippen molar-refractivity contribution in [1.82, 2.24) is 5.32 Å². The number of amides is 2. The molecule has 0 aliphatic heterocycles. The molecule has 0 saturated heterocycles.